The quantitative estimate of drug-likeness (QED) is 0.140. The molecule has 6 rings (SSSR count). The van der Waals surface area contributed by atoms with Gasteiger partial charge in [-0.2, -0.15) is 0 Å². The van der Waals surface area contributed by atoms with Gasteiger partial charge in [-0.3, -0.25) is 19.3 Å². The molecule has 3 heterocycles. The number of benzene rings is 3. The summed E-state index contributed by atoms with van der Waals surface area (Å²) < 4.78 is 38.7. The molecule has 14 nitrogen and oxygen atoms in total. The van der Waals surface area contributed by atoms with Crippen LogP contribution < -0.4 is 23.7 Å². The lowest BCUT2D eigenvalue weighted by Crippen LogP contribution is -2.68. The predicted octanol–water partition coefficient (Wildman–Crippen LogP) is 5.83. The molecule has 2 amide bonds. The number of carbonyl (C=O) groups is 4. The fourth-order valence-electron chi connectivity index (χ4n) is 7.44. The first kappa shape index (κ1) is 40.0. The standard InChI is InChI=1S/C38H39Cl3N2O12/c1-19-11-24-12-26-36(47)42(28(16-50-21(3)45)25-13-29(55-22(4)46)20(2)33-34(25)54-18-53-33)27(14-44)31(43(26)37(48)52-17-38(39,40)41)30(24)35(32(19)49-5)51-15-23-9-7-6-8-10-23/h6-11,13,26-28,31,44H,12,14-18H2,1-5H3/t26?,27-,28-,31+/m0/s1. The van der Waals surface area contributed by atoms with Crippen molar-refractivity contribution in [3.05, 3.63) is 75.8 Å². The first-order chi connectivity index (χ1) is 26.1. The molecule has 4 atom stereocenters. The van der Waals surface area contributed by atoms with Crippen molar-refractivity contribution in [2.45, 2.75) is 68.7 Å². The van der Waals surface area contributed by atoms with Gasteiger partial charge in [-0.15, -0.1) is 0 Å². The minimum Gasteiger partial charge on any atom is -0.493 e. The van der Waals surface area contributed by atoms with E-state index in [1.807, 2.05) is 43.3 Å². The Hall–Kier alpha value is -4.63. The average molecular weight is 822 g/mol. The van der Waals surface area contributed by atoms with Crippen molar-refractivity contribution in [2.24, 2.45) is 0 Å². The zero-order chi connectivity index (χ0) is 39.8. The normalized spacial score (nSPS) is 19.0. The Morgan fingerprint density at radius 2 is 1.71 bits per heavy atom. The Morgan fingerprint density at radius 3 is 2.35 bits per heavy atom. The van der Waals surface area contributed by atoms with Crippen molar-refractivity contribution in [3.63, 3.8) is 0 Å². The van der Waals surface area contributed by atoms with E-state index < -0.39 is 71.7 Å². The van der Waals surface area contributed by atoms with Crippen molar-refractivity contribution in [1.29, 1.82) is 0 Å². The molecule has 0 radical (unpaired) electrons. The maximum Gasteiger partial charge on any atom is 0.411 e. The van der Waals surface area contributed by atoms with Gasteiger partial charge in [0.25, 0.3) is 0 Å². The molecule has 3 aliphatic heterocycles. The second kappa shape index (κ2) is 16.2. The second-order valence-corrected chi connectivity index (χ2v) is 15.7. The highest BCUT2D eigenvalue weighted by atomic mass is 35.6. The van der Waals surface area contributed by atoms with Gasteiger partial charge in [0.2, 0.25) is 16.5 Å². The Bertz CT molecular complexity index is 1990. The second-order valence-electron chi connectivity index (χ2n) is 13.2. The number of aliphatic hydroxyl groups excluding tert-OH is 1. The van der Waals surface area contributed by atoms with Crippen LogP contribution in [0.2, 0.25) is 0 Å². The van der Waals surface area contributed by atoms with Gasteiger partial charge in [0, 0.05) is 37.0 Å². The van der Waals surface area contributed by atoms with Crippen molar-refractivity contribution in [3.8, 4) is 28.7 Å². The molecule has 0 saturated carbocycles. The zero-order valence-electron chi connectivity index (χ0n) is 30.6. The third kappa shape index (κ3) is 8.04. The maximum absolute atomic E-state index is 15.1. The van der Waals surface area contributed by atoms with Gasteiger partial charge in [0.15, 0.2) is 23.0 Å². The molecule has 294 valence electrons. The molecule has 3 aromatic carbocycles. The van der Waals surface area contributed by atoms with E-state index >= 15 is 4.79 Å². The van der Waals surface area contributed by atoms with Crippen LogP contribution in [0.4, 0.5) is 4.79 Å². The van der Waals surface area contributed by atoms with E-state index in [2.05, 4.69) is 0 Å². The van der Waals surface area contributed by atoms with Gasteiger partial charge in [-0.05, 0) is 36.6 Å². The summed E-state index contributed by atoms with van der Waals surface area (Å²) in [5.74, 6) is -0.675. The minimum absolute atomic E-state index is 0.0285. The summed E-state index contributed by atoms with van der Waals surface area (Å²) in [5, 5.41) is 11.4. The summed E-state index contributed by atoms with van der Waals surface area (Å²) in [7, 11) is 1.48. The number of alkyl halides is 3. The Balaban J connectivity index is 1.57. The molecule has 1 saturated heterocycles. The minimum atomic E-state index is -1.97. The smallest absolute Gasteiger partial charge is 0.411 e. The molecule has 3 aliphatic rings. The number of aliphatic hydroxyl groups is 1. The number of ether oxygens (including phenoxy) is 7. The van der Waals surface area contributed by atoms with Crippen LogP contribution in [0.1, 0.15) is 59.3 Å². The number of fused-ring (bicyclic) bond motifs is 5. The number of hydrogen-bond acceptors (Lipinski definition) is 12. The number of carbonyl (C=O) groups excluding carboxylic acids is 4. The first-order valence-electron chi connectivity index (χ1n) is 17.2. The van der Waals surface area contributed by atoms with E-state index in [1.54, 1.807) is 6.92 Å². The van der Waals surface area contributed by atoms with E-state index in [0.717, 1.165) is 5.56 Å². The van der Waals surface area contributed by atoms with Crippen LogP contribution in [0.5, 0.6) is 28.7 Å². The van der Waals surface area contributed by atoms with E-state index in [1.165, 1.54) is 36.8 Å². The Labute approximate surface area is 331 Å². The van der Waals surface area contributed by atoms with Crippen molar-refractivity contribution in [1.82, 2.24) is 9.80 Å². The summed E-state index contributed by atoms with van der Waals surface area (Å²) in [5.41, 5.74) is 3.37. The van der Waals surface area contributed by atoms with Crippen molar-refractivity contribution >= 4 is 58.7 Å². The lowest BCUT2D eigenvalue weighted by Gasteiger charge is -2.55. The molecule has 0 aromatic heterocycles. The van der Waals surface area contributed by atoms with E-state index in [9.17, 15) is 19.5 Å². The number of rotatable bonds is 11. The van der Waals surface area contributed by atoms with Crippen LogP contribution in [0.3, 0.4) is 0 Å². The SMILES string of the molecule is COc1c(C)cc2c(c1OCc1ccccc1)[C@H]1[C@H](CO)N([C@@H](COC(C)=O)c3cc(OC(C)=O)c(C)c4c3OCO4)C(=O)C(C2)N1C(=O)OCC(Cl)(Cl)Cl. The molecule has 1 fully saturated rings. The molecule has 1 N–H and O–H groups in total. The Kier molecular flexibility index (Phi) is 11.8. The molecule has 1 unspecified atom stereocenters. The molecule has 55 heavy (non-hydrogen) atoms. The van der Waals surface area contributed by atoms with Crippen LogP contribution in [0.15, 0.2) is 42.5 Å². The average Bonchev–Trinajstić information content (AvgIpc) is 3.63. The monoisotopic (exact) mass is 820 g/mol. The summed E-state index contributed by atoms with van der Waals surface area (Å²) in [6.45, 7) is 4.09. The van der Waals surface area contributed by atoms with Crippen LogP contribution in [0, 0.1) is 13.8 Å². The molecule has 17 heteroatoms. The number of methoxy groups -OCH3 is 1. The molecule has 2 bridgehead atoms. The van der Waals surface area contributed by atoms with Gasteiger partial charge < -0.3 is 43.2 Å². The largest absolute Gasteiger partial charge is 0.493 e. The van der Waals surface area contributed by atoms with Gasteiger partial charge >= 0.3 is 18.0 Å². The summed E-state index contributed by atoms with van der Waals surface area (Å²) in [6, 6.07) is 7.91. The number of halogens is 3. The van der Waals surface area contributed by atoms with E-state index in [0.29, 0.717) is 28.0 Å². The highest BCUT2D eigenvalue weighted by molar-refractivity contribution is 6.67. The highest BCUT2D eigenvalue weighted by Crippen LogP contribution is 2.54. The number of esters is 2. The molecule has 0 aliphatic carbocycles. The summed E-state index contributed by atoms with van der Waals surface area (Å²) >= 11 is 17.9. The molecule has 3 aromatic rings. The number of aryl methyl sites for hydroxylation is 1. The lowest BCUT2D eigenvalue weighted by molar-refractivity contribution is -0.163. The molecular formula is C38H39Cl3N2O12. The van der Waals surface area contributed by atoms with Crippen LogP contribution in [0.25, 0.3) is 0 Å². The van der Waals surface area contributed by atoms with E-state index in [-0.39, 0.29) is 48.4 Å². The maximum atomic E-state index is 15.1. The third-order valence-electron chi connectivity index (χ3n) is 9.60. The van der Waals surface area contributed by atoms with Crippen LogP contribution in [-0.2, 0) is 36.9 Å². The van der Waals surface area contributed by atoms with Gasteiger partial charge in [-0.25, -0.2) is 4.79 Å². The van der Waals surface area contributed by atoms with Gasteiger partial charge in [0.05, 0.1) is 31.8 Å². The number of piperazine rings is 1. The first-order valence-corrected chi connectivity index (χ1v) is 18.3. The predicted molar refractivity (Wildman–Crippen MR) is 198 cm³/mol. The van der Waals surface area contributed by atoms with Crippen molar-refractivity contribution in [2.75, 3.05) is 33.7 Å². The van der Waals surface area contributed by atoms with Crippen LogP contribution in [-0.4, -0.2) is 88.4 Å². The van der Waals surface area contributed by atoms with Crippen molar-refractivity contribution < 1.29 is 57.4 Å². The molecule has 0 spiro atoms. The summed E-state index contributed by atoms with van der Waals surface area (Å²) in [6.07, 6.45) is -1.02. The fraction of sp³-hybridized carbons (Fsp3) is 0.421. The number of hydrogen-bond donors (Lipinski definition) is 1. The van der Waals surface area contributed by atoms with Gasteiger partial charge in [0.1, 0.15) is 31.6 Å². The summed E-state index contributed by atoms with van der Waals surface area (Å²) in [4.78, 5) is 56.3. The number of amides is 2. The van der Waals surface area contributed by atoms with Gasteiger partial charge in [-0.1, -0.05) is 71.2 Å². The fourth-order valence-corrected chi connectivity index (χ4v) is 7.60. The lowest BCUT2D eigenvalue weighted by atomic mass is 9.78. The topological polar surface area (TPSA) is 160 Å². The number of nitrogens with zero attached hydrogens (tertiary/aromatic N) is 2. The third-order valence-corrected chi connectivity index (χ3v) is 9.93. The Morgan fingerprint density at radius 1 is 1.00 bits per heavy atom. The van der Waals surface area contributed by atoms with Crippen LogP contribution >= 0.6 is 34.8 Å². The molecular weight excluding hydrogens is 783 g/mol. The highest BCUT2D eigenvalue weighted by Gasteiger charge is 2.57. The zero-order valence-corrected chi connectivity index (χ0v) is 32.8. The van der Waals surface area contributed by atoms with E-state index in [4.69, 9.17) is 68.0 Å².